The molecule has 37 heavy (non-hydrogen) atoms. The van der Waals surface area contributed by atoms with Crippen molar-refractivity contribution >= 4 is 17.6 Å². The molecule has 7 heteroatoms. The van der Waals surface area contributed by atoms with Gasteiger partial charge in [-0.1, -0.05) is 56.7 Å². The summed E-state index contributed by atoms with van der Waals surface area (Å²) in [7, 11) is 1.33. The van der Waals surface area contributed by atoms with Crippen molar-refractivity contribution in [3.63, 3.8) is 0 Å². The van der Waals surface area contributed by atoms with Crippen LogP contribution in [0.15, 0.2) is 66.7 Å². The van der Waals surface area contributed by atoms with E-state index in [9.17, 15) is 9.59 Å². The number of aryl methyl sites for hydroxylation is 2. The fourth-order valence-corrected chi connectivity index (χ4v) is 3.93. The Morgan fingerprint density at radius 2 is 1.73 bits per heavy atom. The number of rotatable bonds is 12. The topological polar surface area (TPSA) is 97.7 Å². The number of anilines is 1. The zero-order chi connectivity index (χ0) is 26.6. The number of nitrogens with one attached hydrogen (secondary N) is 1. The fraction of sp³-hybridized carbons (Fsp3) is 0.300. The van der Waals surface area contributed by atoms with E-state index in [4.69, 9.17) is 19.5 Å². The molecule has 3 rings (SSSR count). The average Bonchev–Trinajstić information content (AvgIpc) is 2.94. The molecule has 0 radical (unpaired) electrons. The molecule has 1 unspecified atom stereocenters. The molecule has 192 valence electrons. The first-order chi connectivity index (χ1) is 18.0. The second-order valence-corrected chi connectivity index (χ2v) is 8.50. The third kappa shape index (κ3) is 7.58. The minimum atomic E-state index is -0.893. The summed E-state index contributed by atoms with van der Waals surface area (Å²) in [5.74, 6) is -0.546. The Balaban J connectivity index is 1.92. The van der Waals surface area contributed by atoms with Crippen LogP contribution in [0.4, 0.5) is 5.69 Å². The van der Waals surface area contributed by atoms with E-state index >= 15 is 0 Å². The van der Waals surface area contributed by atoms with Crippen molar-refractivity contribution in [2.24, 2.45) is 0 Å². The summed E-state index contributed by atoms with van der Waals surface area (Å²) < 4.78 is 16.6. The van der Waals surface area contributed by atoms with Gasteiger partial charge in [-0.15, -0.1) is 0 Å². The Hall–Kier alpha value is -4.31. The Bertz CT molecular complexity index is 1230. The van der Waals surface area contributed by atoms with E-state index in [2.05, 4.69) is 18.3 Å². The highest BCUT2D eigenvalue weighted by molar-refractivity contribution is 5.82. The second kappa shape index (κ2) is 13.7. The number of ether oxygens (including phenoxy) is 3. The number of nitrogens with zero attached hydrogens (tertiary/aromatic N) is 1. The van der Waals surface area contributed by atoms with Crippen molar-refractivity contribution in [3.05, 3.63) is 94.5 Å². The molecule has 3 aromatic carbocycles. The Morgan fingerprint density at radius 1 is 1.00 bits per heavy atom. The van der Waals surface area contributed by atoms with Gasteiger partial charge in [-0.05, 0) is 59.9 Å². The lowest BCUT2D eigenvalue weighted by Crippen LogP contribution is -2.25. The number of benzene rings is 3. The lowest BCUT2D eigenvalue weighted by Gasteiger charge is -2.24. The highest BCUT2D eigenvalue weighted by Gasteiger charge is 2.28. The zero-order valence-corrected chi connectivity index (χ0v) is 21.5. The average molecular weight is 501 g/mol. The maximum atomic E-state index is 13.0. The van der Waals surface area contributed by atoms with Gasteiger partial charge in [0.05, 0.1) is 18.7 Å². The van der Waals surface area contributed by atoms with Gasteiger partial charge in [0.2, 0.25) is 0 Å². The molecule has 1 N–H and O–H groups in total. The molecule has 7 nitrogen and oxygen atoms in total. The molecule has 0 saturated carbocycles. The summed E-state index contributed by atoms with van der Waals surface area (Å²) in [6, 6.07) is 21.4. The normalized spacial score (nSPS) is 11.2. The summed E-state index contributed by atoms with van der Waals surface area (Å²) in [5.41, 5.74) is 4.55. The molecule has 0 spiro atoms. The third-order valence-corrected chi connectivity index (χ3v) is 5.83. The number of hydrogen-bond donors (Lipinski definition) is 1. The Labute approximate surface area is 218 Å². The molecule has 0 aliphatic carbocycles. The quantitative estimate of drug-likeness (QED) is 0.327. The van der Waals surface area contributed by atoms with E-state index in [0.717, 1.165) is 29.5 Å². The number of carbonyl (C=O) groups is 2. The predicted octanol–water partition coefficient (Wildman–Crippen LogP) is 5.52. The molecule has 0 aliphatic heterocycles. The number of hydrogen-bond acceptors (Lipinski definition) is 7. The largest absolute Gasteiger partial charge is 0.481 e. The molecule has 0 saturated heterocycles. The van der Waals surface area contributed by atoms with Crippen LogP contribution in [-0.2, 0) is 38.5 Å². The highest BCUT2D eigenvalue weighted by Crippen LogP contribution is 2.35. The summed E-state index contributed by atoms with van der Waals surface area (Å²) in [5, 5.41) is 12.3. The second-order valence-electron chi connectivity index (χ2n) is 8.50. The first kappa shape index (κ1) is 27.3. The van der Waals surface area contributed by atoms with Crippen LogP contribution in [0.1, 0.15) is 54.1 Å². The van der Waals surface area contributed by atoms with E-state index in [1.165, 1.54) is 7.11 Å². The van der Waals surface area contributed by atoms with Gasteiger partial charge in [0.25, 0.3) is 0 Å². The summed E-state index contributed by atoms with van der Waals surface area (Å²) in [4.78, 5) is 25.5. The molecule has 1 atom stereocenters. The van der Waals surface area contributed by atoms with Crippen molar-refractivity contribution in [2.75, 3.05) is 19.0 Å². The van der Waals surface area contributed by atoms with E-state index < -0.39 is 18.0 Å². The lowest BCUT2D eigenvalue weighted by molar-refractivity contribution is -0.147. The van der Waals surface area contributed by atoms with Crippen LogP contribution in [0.3, 0.4) is 0 Å². The van der Waals surface area contributed by atoms with Crippen molar-refractivity contribution in [3.8, 4) is 11.8 Å². The maximum Gasteiger partial charge on any atom is 0.344 e. The zero-order valence-electron chi connectivity index (χ0n) is 21.5. The van der Waals surface area contributed by atoms with E-state index in [1.54, 1.807) is 24.3 Å². The molecule has 0 heterocycles. The predicted molar refractivity (Wildman–Crippen MR) is 141 cm³/mol. The van der Waals surface area contributed by atoms with E-state index in [1.807, 2.05) is 49.4 Å². The van der Waals surface area contributed by atoms with Crippen molar-refractivity contribution in [2.45, 2.75) is 45.8 Å². The van der Waals surface area contributed by atoms with Crippen LogP contribution >= 0.6 is 0 Å². The summed E-state index contributed by atoms with van der Waals surface area (Å²) in [6.45, 7) is 3.95. The van der Waals surface area contributed by atoms with Crippen molar-refractivity contribution in [1.82, 2.24) is 0 Å². The molecular formula is C30H32N2O5. The minimum Gasteiger partial charge on any atom is -0.481 e. The van der Waals surface area contributed by atoms with Gasteiger partial charge < -0.3 is 19.5 Å². The fourth-order valence-electron chi connectivity index (χ4n) is 3.93. The SMILES string of the molecule is CCCc1cc(CC)cc(C(Nc2ccc(C#N)cc2)C(=O)OC)c1OCC(=O)OCc1ccccc1. The van der Waals surface area contributed by atoms with Crippen molar-refractivity contribution < 1.29 is 23.8 Å². The van der Waals surface area contributed by atoms with E-state index in [-0.39, 0.29) is 13.2 Å². The number of carbonyl (C=O) groups excluding carboxylic acids is 2. The van der Waals surface area contributed by atoms with Gasteiger partial charge in [0, 0.05) is 11.3 Å². The third-order valence-electron chi connectivity index (χ3n) is 5.83. The summed E-state index contributed by atoms with van der Waals surface area (Å²) >= 11 is 0. The van der Waals surface area contributed by atoms with Gasteiger partial charge in [-0.25, -0.2) is 9.59 Å². The first-order valence-corrected chi connectivity index (χ1v) is 12.3. The van der Waals surface area contributed by atoms with Crippen LogP contribution < -0.4 is 10.1 Å². The van der Waals surface area contributed by atoms with E-state index in [0.29, 0.717) is 29.0 Å². The Morgan fingerprint density at radius 3 is 2.35 bits per heavy atom. The maximum absolute atomic E-state index is 13.0. The van der Waals surface area contributed by atoms with Crippen LogP contribution in [0.25, 0.3) is 0 Å². The molecule has 3 aromatic rings. The smallest absolute Gasteiger partial charge is 0.344 e. The molecule has 0 fully saturated rings. The number of esters is 2. The molecular weight excluding hydrogens is 468 g/mol. The molecule has 0 aliphatic rings. The molecule has 0 aromatic heterocycles. The van der Waals surface area contributed by atoms with Gasteiger partial charge in [0.1, 0.15) is 12.4 Å². The lowest BCUT2D eigenvalue weighted by atomic mass is 9.95. The first-order valence-electron chi connectivity index (χ1n) is 12.3. The summed E-state index contributed by atoms with van der Waals surface area (Å²) in [6.07, 6.45) is 2.32. The number of nitriles is 1. The molecule has 0 amide bonds. The van der Waals surface area contributed by atoms with Crippen LogP contribution in [0, 0.1) is 11.3 Å². The highest BCUT2D eigenvalue weighted by atomic mass is 16.6. The monoisotopic (exact) mass is 500 g/mol. The van der Waals surface area contributed by atoms with Gasteiger partial charge in [-0.3, -0.25) is 0 Å². The van der Waals surface area contributed by atoms with Gasteiger partial charge >= 0.3 is 11.9 Å². The standard InChI is InChI=1S/C30H32N2O5/c1-4-9-24-16-21(5-2)17-26(28(30(34)35-3)32-25-14-12-22(18-31)13-15-25)29(24)37-20-27(33)36-19-23-10-7-6-8-11-23/h6-8,10-17,28,32H,4-5,9,19-20H2,1-3H3. The van der Waals surface area contributed by atoms with Gasteiger partial charge in [-0.2, -0.15) is 5.26 Å². The van der Waals surface area contributed by atoms with Crippen LogP contribution in [0.2, 0.25) is 0 Å². The number of methoxy groups -OCH3 is 1. The van der Waals surface area contributed by atoms with Crippen molar-refractivity contribution in [1.29, 1.82) is 5.26 Å². The van der Waals surface area contributed by atoms with Gasteiger partial charge in [0.15, 0.2) is 12.6 Å². The molecule has 0 bridgehead atoms. The van der Waals surface area contributed by atoms with Crippen LogP contribution in [-0.4, -0.2) is 25.7 Å². The minimum absolute atomic E-state index is 0.150. The van der Waals surface area contributed by atoms with Crippen LogP contribution in [0.5, 0.6) is 5.75 Å². The Kier molecular flexibility index (Phi) is 10.1.